The Hall–Kier alpha value is -1.51. The molecule has 2 rings (SSSR count). The van der Waals surface area contributed by atoms with Crippen LogP contribution in [0.25, 0.3) is 0 Å². The molecule has 0 saturated heterocycles. The average Bonchev–Trinajstić information content (AvgIpc) is 2.85. The van der Waals surface area contributed by atoms with Gasteiger partial charge in [0, 0.05) is 11.6 Å². The summed E-state index contributed by atoms with van der Waals surface area (Å²) in [6.45, 7) is 3.36. The van der Waals surface area contributed by atoms with Gasteiger partial charge in [-0.1, -0.05) is 6.07 Å². The molecule has 0 spiro atoms. The van der Waals surface area contributed by atoms with Crippen molar-refractivity contribution in [3.8, 4) is 0 Å². The Kier molecular flexibility index (Phi) is 3.81. The first-order valence-corrected chi connectivity index (χ1v) is 8.08. The van der Waals surface area contributed by atoms with E-state index >= 15 is 0 Å². The molecule has 0 bridgehead atoms. The van der Waals surface area contributed by atoms with Crippen molar-refractivity contribution in [2.24, 2.45) is 0 Å². The highest BCUT2D eigenvalue weighted by Gasteiger charge is 2.31. The van der Waals surface area contributed by atoms with Crippen molar-refractivity contribution in [1.82, 2.24) is 9.71 Å². The number of nitrogen functional groups attached to an aromatic ring is 1. The molecule has 0 unspecified atom stereocenters. The van der Waals surface area contributed by atoms with E-state index in [9.17, 15) is 12.8 Å². The fourth-order valence-corrected chi connectivity index (χ4v) is 4.02. The van der Waals surface area contributed by atoms with E-state index in [0.29, 0.717) is 5.01 Å². The number of nitrogens with zero attached hydrogens (tertiary/aromatic N) is 1. The van der Waals surface area contributed by atoms with Gasteiger partial charge in [-0.2, -0.15) is 4.72 Å². The molecule has 0 aliphatic heterocycles. The first kappa shape index (κ1) is 14.9. The van der Waals surface area contributed by atoms with E-state index in [1.807, 2.05) is 0 Å². The van der Waals surface area contributed by atoms with Crippen LogP contribution in [0.3, 0.4) is 0 Å². The molecule has 108 valence electrons. The minimum absolute atomic E-state index is 0.276. The molecule has 0 amide bonds. The lowest BCUT2D eigenvalue weighted by Gasteiger charge is -2.24. The summed E-state index contributed by atoms with van der Waals surface area (Å²) in [5, 5.41) is 2.36. The number of sulfonamides is 1. The van der Waals surface area contributed by atoms with Crippen molar-refractivity contribution >= 4 is 27.0 Å². The smallest absolute Gasteiger partial charge is 0.243 e. The highest BCUT2D eigenvalue weighted by Crippen LogP contribution is 2.27. The van der Waals surface area contributed by atoms with Crippen molar-refractivity contribution < 1.29 is 12.8 Å². The van der Waals surface area contributed by atoms with E-state index in [2.05, 4.69) is 9.71 Å². The van der Waals surface area contributed by atoms with Gasteiger partial charge in [-0.25, -0.2) is 17.8 Å². The summed E-state index contributed by atoms with van der Waals surface area (Å²) in [5.74, 6) is -0.764. The summed E-state index contributed by atoms with van der Waals surface area (Å²) in [4.78, 5) is 3.82. The zero-order valence-electron chi connectivity index (χ0n) is 10.9. The molecule has 0 radical (unpaired) electrons. The van der Waals surface area contributed by atoms with Gasteiger partial charge in [-0.3, -0.25) is 0 Å². The number of nitrogens with two attached hydrogens (primary N) is 1. The predicted octanol–water partition coefficient (Wildman–Crippen LogP) is 2.08. The first-order chi connectivity index (χ1) is 9.24. The summed E-state index contributed by atoms with van der Waals surface area (Å²) < 4.78 is 40.6. The van der Waals surface area contributed by atoms with Gasteiger partial charge in [0.1, 0.15) is 15.7 Å². The highest BCUT2D eigenvalue weighted by molar-refractivity contribution is 7.89. The molecular formula is C12H14FN3O2S2. The fraction of sp³-hybridized carbons (Fsp3) is 0.250. The largest absolute Gasteiger partial charge is 0.395 e. The maximum atomic E-state index is 13.4. The lowest BCUT2D eigenvalue weighted by atomic mass is 10.1. The van der Waals surface area contributed by atoms with Crippen molar-refractivity contribution in [3.63, 3.8) is 0 Å². The van der Waals surface area contributed by atoms with Crippen LogP contribution in [0.4, 0.5) is 10.1 Å². The van der Waals surface area contributed by atoms with Crippen LogP contribution in [-0.4, -0.2) is 13.4 Å². The molecule has 1 aromatic heterocycles. The van der Waals surface area contributed by atoms with E-state index in [4.69, 9.17) is 5.73 Å². The second kappa shape index (κ2) is 5.12. The second-order valence-electron chi connectivity index (χ2n) is 4.72. The van der Waals surface area contributed by atoms with Gasteiger partial charge in [0.2, 0.25) is 10.0 Å². The molecule has 0 fully saturated rings. The molecule has 1 heterocycles. The third-order valence-electron chi connectivity index (χ3n) is 2.66. The lowest BCUT2D eigenvalue weighted by Crippen LogP contribution is -2.41. The molecule has 20 heavy (non-hydrogen) atoms. The summed E-state index contributed by atoms with van der Waals surface area (Å²) in [6, 6.07) is 3.68. The number of para-hydroxylation sites is 1. The molecule has 1 aromatic carbocycles. The van der Waals surface area contributed by atoms with Gasteiger partial charge in [0.05, 0.1) is 11.2 Å². The number of halogens is 1. The maximum Gasteiger partial charge on any atom is 0.243 e. The van der Waals surface area contributed by atoms with E-state index in [-0.39, 0.29) is 4.90 Å². The summed E-state index contributed by atoms with van der Waals surface area (Å²) in [6.07, 6.45) is 1.59. The van der Waals surface area contributed by atoms with Crippen molar-refractivity contribution in [1.29, 1.82) is 0 Å². The number of rotatable bonds is 4. The van der Waals surface area contributed by atoms with Gasteiger partial charge in [0.25, 0.3) is 0 Å². The van der Waals surface area contributed by atoms with Gasteiger partial charge >= 0.3 is 0 Å². The number of hydrogen-bond donors (Lipinski definition) is 2. The van der Waals surface area contributed by atoms with Gasteiger partial charge in [-0.15, -0.1) is 11.3 Å². The van der Waals surface area contributed by atoms with Crippen LogP contribution >= 0.6 is 11.3 Å². The quantitative estimate of drug-likeness (QED) is 0.846. The SMILES string of the molecule is CC(C)(NS(=O)(=O)c1cccc(F)c1N)c1nccs1. The van der Waals surface area contributed by atoms with E-state index in [0.717, 1.165) is 6.07 Å². The molecule has 3 N–H and O–H groups in total. The Morgan fingerprint density at radius 1 is 1.40 bits per heavy atom. The topological polar surface area (TPSA) is 85.1 Å². The normalized spacial score (nSPS) is 12.6. The summed E-state index contributed by atoms with van der Waals surface area (Å²) in [5.41, 5.74) is 4.19. The Balaban J connectivity index is 2.40. The van der Waals surface area contributed by atoms with Gasteiger partial charge in [-0.05, 0) is 26.0 Å². The third-order valence-corrected chi connectivity index (χ3v) is 5.47. The van der Waals surface area contributed by atoms with E-state index in [1.54, 1.807) is 25.4 Å². The number of thiazole rings is 1. The molecule has 0 aliphatic carbocycles. The lowest BCUT2D eigenvalue weighted by molar-refractivity contribution is 0.469. The number of hydrogen-bond acceptors (Lipinski definition) is 5. The van der Waals surface area contributed by atoms with Crippen LogP contribution in [0.15, 0.2) is 34.7 Å². The molecule has 5 nitrogen and oxygen atoms in total. The molecular weight excluding hydrogens is 301 g/mol. The van der Waals surface area contributed by atoms with E-state index in [1.165, 1.54) is 23.5 Å². The van der Waals surface area contributed by atoms with Crippen LogP contribution in [-0.2, 0) is 15.6 Å². The molecule has 2 aromatic rings. The Bertz CT molecular complexity index is 712. The number of nitrogens with one attached hydrogen (secondary N) is 1. The van der Waals surface area contributed by atoms with Crippen molar-refractivity contribution in [3.05, 3.63) is 40.6 Å². The summed E-state index contributed by atoms with van der Waals surface area (Å²) in [7, 11) is -3.95. The Morgan fingerprint density at radius 2 is 2.10 bits per heavy atom. The zero-order valence-corrected chi connectivity index (χ0v) is 12.6. The number of aromatic nitrogens is 1. The molecule has 8 heteroatoms. The second-order valence-corrected chi connectivity index (χ2v) is 7.26. The molecule has 0 saturated carbocycles. The van der Waals surface area contributed by atoms with Crippen LogP contribution in [0.5, 0.6) is 0 Å². The van der Waals surface area contributed by atoms with Crippen molar-refractivity contribution in [2.45, 2.75) is 24.3 Å². The van der Waals surface area contributed by atoms with Crippen LogP contribution in [0.1, 0.15) is 18.9 Å². The Morgan fingerprint density at radius 3 is 2.70 bits per heavy atom. The van der Waals surface area contributed by atoms with Crippen molar-refractivity contribution in [2.75, 3.05) is 5.73 Å². The predicted molar refractivity (Wildman–Crippen MR) is 76.3 cm³/mol. The third kappa shape index (κ3) is 2.82. The molecule has 0 atom stereocenters. The number of benzene rings is 1. The van der Waals surface area contributed by atoms with Crippen LogP contribution in [0.2, 0.25) is 0 Å². The first-order valence-electron chi connectivity index (χ1n) is 5.72. The zero-order chi connectivity index (χ0) is 15.0. The van der Waals surface area contributed by atoms with Gasteiger partial charge in [0.15, 0.2) is 0 Å². The standard InChI is InChI=1S/C12H14FN3O2S2/c1-12(2,11-15-6-7-19-11)16-20(17,18)9-5-3-4-8(13)10(9)14/h3-7,16H,14H2,1-2H3. The maximum absolute atomic E-state index is 13.4. The highest BCUT2D eigenvalue weighted by atomic mass is 32.2. The van der Waals surface area contributed by atoms with Crippen LogP contribution < -0.4 is 10.5 Å². The monoisotopic (exact) mass is 315 g/mol. The Labute approximate surface area is 120 Å². The summed E-state index contributed by atoms with van der Waals surface area (Å²) >= 11 is 1.33. The average molecular weight is 315 g/mol. The van der Waals surface area contributed by atoms with Gasteiger partial charge < -0.3 is 5.73 Å². The number of anilines is 1. The fourth-order valence-electron chi connectivity index (χ4n) is 1.72. The van der Waals surface area contributed by atoms with Crippen LogP contribution in [0, 0.1) is 5.82 Å². The minimum atomic E-state index is -3.95. The van der Waals surface area contributed by atoms with E-state index < -0.39 is 27.1 Å². The minimum Gasteiger partial charge on any atom is -0.395 e. The molecule has 0 aliphatic rings.